The molecular formula is C18H20N2S. The minimum absolute atomic E-state index is 0.873. The number of hydrogen-bond acceptors (Lipinski definition) is 2. The van der Waals surface area contributed by atoms with Crippen molar-refractivity contribution < 1.29 is 0 Å². The van der Waals surface area contributed by atoms with E-state index in [0.717, 1.165) is 31.8 Å². The number of rotatable bonds is 5. The van der Waals surface area contributed by atoms with Crippen LogP contribution in [0.15, 0.2) is 65.7 Å². The standard InChI is InChI=1S/C18H20N2S/c1-3-7-16(8-4-1)11-12-19-18-20(13-14-21-18)15-17-9-5-2-6-10-17/h1-10H,11-15H2. The topological polar surface area (TPSA) is 15.6 Å². The van der Waals surface area contributed by atoms with Crippen molar-refractivity contribution in [3.8, 4) is 0 Å². The molecule has 0 spiro atoms. The van der Waals surface area contributed by atoms with Crippen molar-refractivity contribution in [3.05, 3.63) is 71.8 Å². The molecule has 2 aromatic rings. The van der Waals surface area contributed by atoms with Gasteiger partial charge in [-0.2, -0.15) is 0 Å². The number of aliphatic imine (C=N–C) groups is 1. The van der Waals surface area contributed by atoms with Gasteiger partial charge in [0.15, 0.2) is 5.17 Å². The summed E-state index contributed by atoms with van der Waals surface area (Å²) < 4.78 is 0. The normalized spacial score (nSPS) is 16.6. The van der Waals surface area contributed by atoms with Crippen LogP contribution in [-0.4, -0.2) is 28.9 Å². The van der Waals surface area contributed by atoms with Gasteiger partial charge in [-0.25, -0.2) is 0 Å². The van der Waals surface area contributed by atoms with Gasteiger partial charge in [-0.15, -0.1) is 0 Å². The fourth-order valence-corrected chi connectivity index (χ4v) is 3.47. The number of nitrogens with zero attached hydrogens (tertiary/aromatic N) is 2. The third-order valence-electron chi connectivity index (χ3n) is 3.57. The summed E-state index contributed by atoms with van der Waals surface area (Å²) in [6.07, 6.45) is 1.02. The van der Waals surface area contributed by atoms with Gasteiger partial charge in [-0.05, 0) is 17.5 Å². The van der Waals surface area contributed by atoms with Gasteiger partial charge >= 0.3 is 0 Å². The zero-order valence-corrected chi connectivity index (χ0v) is 12.9. The minimum atomic E-state index is 0.873. The molecule has 108 valence electrons. The Bertz CT molecular complexity index is 581. The first-order valence-electron chi connectivity index (χ1n) is 7.42. The highest BCUT2D eigenvalue weighted by Crippen LogP contribution is 2.20. The van der Waals surface area contributed by atoms with Gasteiger partial charge in [-0.3, -0.25) is 4.99 Å². The van der Waals surface area contributed by atoms with Crippen molar-refractivity contribution >= 4 is 16.9 Å². The average Bonchev–Trinajstić information content (AvgIpc) is 2.97. The van der Waals surface area contributed by atoms with Crippen molar-refractivity contribution in [1.82, 2.24) is 4.90 Å². The fraction of sp³-hybridized carbons (Fsp3) is 0.278. The van der Waals surface area contributed by atoms with E-state index in [0.29, 0.717) is 0 Å². The molecule has 21 heavy (non-hydrogen) atoms. The second kappa shape index (κ2) is 7.32. The van der Waals surface area contributed by atoms with E-state index < -0.39 is 0 Å². The Hall–Kier alpha value is -1.74. The lowest BCUT2D eigenvalue weighted by Gasteiger charge is -2.17. The predicted molar refractivity (Wildman–Crippen MR) is 91.8 cm³/mol. The molecule has 1 saturated heterocycles. The molecule has 0 radical (unpaired) electrons. The Morgan fingerprint density at radius 3 is 2.29 bits per heavy atom. The fourth-order valence-electron chi connectivity index (χ4n) is 2.46. The highest BCUT2D eigenvalue weighted by atomic mass is 32.2. The van der Waals surface area contributed by atoms with Crippen LogP contribution in [0.2, 0.25) is 0 Å². The summed E-state index contributed by atoms with van der Waals surface area (Å²) in [5, 5.41) is 1.20. The zero-order chi connectivity index (χ0) is 14.3. The van der Waals surface area contributed by atoms with Gasteiger partial charge in [0, 0.05) is 25.4 Å². The minimum Gasteiger partial charge on any atom is -0.346 e. The Kier molecular flexibility index (Phi) is 4.95. The van der Waals surface area contributed by atoms with Crippen LogP contribution in [0.1, 0.15) is 11.1 Å². The third-order valence-corrected chi connectivity index (χ3v) is 4.60. The van der Waals surface area contributed by atoms with Gasteiger partial charge in [0.2, 0.25) is 0 Å². The summed E-state index contributed by atoms with van der Waals surface area (Å²) in [4.78, 5) is 7.20. The Morgan fingerprint density at radius 2 is 1.57 bits per heavy atom. The lowest BCUT2D eigenvalue weighted by Crippen LogP contribution is -2.24. The maximum atomic E-state index is 4.80. The molecule has 2 nitrogen and oxygen atoms in total. The van der Waals surface area contributed by atoms with E-state index in [2.05, 4.69) is 65.6 Å². The molecule has 0 aliphatic carbocycles. The van der Waals surface area contributed by atoms with Gasteiger partial charge in [0.05, 0.1) is 0 Å². The monoisotopic (exact) mass is 296 g/mol. The lowest BCUT2D eigenvalue weighted by molar-refractivity contribution is 0.455. The Labute approximate surface area is 130 Å². The van der Waals surface area contributed by atoms with Crippen LogP contribution in [0, 0.1) is 0 Å². The molecule has 0 bridgehead atoms. The summed E-state index contributed by atoms with van der Waals surface area (Å²) >= 11 is 1.88. The number of amidine groups is 1. The van der Waals surface area contributed by atoms with E-state index in [1.165, 1.54) is 16.3 Å². The first-order chi connectivity index (χ1) is 10.4. The Balaban J connectivity index is 1.57. The van der Waals surface area contributed by atoms with Gasteiger partial charge < -0.3 is 4.90 Å². The van der Waals surface area contributed by atoms with Crippen LogP contribution in [0.5, 0.6) is 0 Å². The SMILES string of the molecule is c1ccc(CCN=C2SCCN2Cc2ccccc2)cc1. The van der Waals surface area contributed by atoms with E-state index in [1.807, 2.05) is 11.8 Å². The smallest absolute Gasteiger partial charge is 0.159 e. The summed E-state index contributed by atoms with van der Waals surface area (Å²) in [5.74, 6) is 1.15. The summed E-state index contributed by atoms with van der Waals surface area (Å²) in [7, 11) is 0. The molecule has 1 heterocycles. The van der Waals surface area contributed by atoms with E-state index in [1.54, 1.807) is 0 Å². The summed E-state index contributed by atoms with van der Waals surface area (Å²) in [6, 6.07) is 21.2. The second-order valence-corrected chi connectivity index (χ2v) is 6.22. The molecular weight excluding hydrogens is 276 g/mol. The molecule has 0 aromatic heterocycles. The summed E-state index contributed by atoms with van der Waals surface area (Å²) in [6.45, 7) is 2.94. The Morgan fingerprint density at radius 1 is 0.905 bits per heavy atom. The van der Waals surface area contributed by atoms with Crippen LogP contribution in [-0.2, 0) is 13.0 Å². The molecule has 0 amide bonds. The maximum Gasteiger partial charge on any atom is 0.159 e. The van der Waals surface area contributed by atoms with Gasteiger partial charge in [-0.1, -0.05) is 72.4 Å². The van der Waals surface area contributed by atoms with E-state index in [4.69, 9.17) is 4.99 Å². The van der Waals surface area contributed by atoms with Gasteiger partial charge in [0.1, 0.15) is 0 Å². The molecule has 0 N–H and O–H groups in total. The van der Waals surface area contributed by atoms with Crippen molar-refractivity contribution in [1.29, 1.82) is 0 Å². The van der Waals surface area contributed by atoms with Crippen molar-refractivity contribution in [3.63, 3.8) is 0 Å². The number of thioether (sulfide) groups is 1. The molecule has 2 aromatic carbocycles. The van der Waals surface area contributed by atoms with Crippen molar-refractivity contribution in [2.75, 3.05) is 18.8 Å². The molecule has 1 aliphatic rings. The quantitative estimate of drug-likeness (QED) is 0.833. The van der Waals surface area contributed by atoms with Crippen LogP contribution in [0.3, 0.4) is 0 Å². The highest BCUT2D eigenvalue weighted by molar-refractivity contribution is 8.14. The second-order valence-electron chi connectivity index (χ2n) is 5.16. The largest absolute Gasteiger partial charge is 0.346 e. The number of benzene rings is 2. The first kappa shape index (κ1) is 14.2. The van der Waals surface area contributed by atoms with E-state index >= 15 is 0 Å². The lowest BCUT2D eigenvalue weighted by atomic mass is 10.2. The third kappa shape index (κ3) is 4.11. The van der Waals surface area contributed by atoms with Crippen LogP contribution in [0.4, 0.5) is 0 Å². The molecule has 0 saturated carbocycles. The molecule has 3 heteroatoms. The molecule has 1 fully saturated rings. The first-order valence-corrected chi connectivity index (χ1v) is 8.40. The van der Waals surface area contributed by atoms with Crippen LogP contribution < -0.4 is 0 Å². The maximum absolute atomic E-state index is 4.80. The zero-order valence-electron chi connectivity index (χ0n) is 12.1. The van der Waals surface area contributed by atoms with Gasteiger partial charge in [0.25, 0.3) is 0 Å². The van der Waals surface area contributed by atoms with Crippen LogP contribution in [0.25, 0.3) is 0 Å². The van der Waals surface area contributed by atoms with Crippen molar-refractivity contribution in [2.45, 2.75) is 13.0 Å². The molecule has 0 atom stereocenters. The average molecular weight is 296 g/mol. The van der Waals surface area contributed by atoms with Crippen LogP contribution >= 0.6 is 11.8 Å². The molecule has 1 aliphatic heterocycles. The molecule has 3 rings (SSSR count). The van der Waals surface area contributed by atoms with E-state index in [-0.39, 0.29) is 0 Å². The highest BCUT2D eigenvalue weighted by Gasteiger charge is 2.18. The summed E-state index contributed by atoms with van der Waals surface area (Å²) in [5.41, 5.74) is 2.72. The van der Waals surface area contributed by atoms with E-state index in [9.17, 15) is 0 Å². The molecule has 0 unspecified atom stereocenters. The van der Waals surface area contributed by atoms with Crippen molar-refractivity contribution in [2.24, 2.45) is 4.99 Å². The number of hydrogen-bond donors (Lipinski definition) is 0. The predicted octanol–water partition coefficient (Wildman–Crippen LogP) is 3.83.